The van der Waals surface area contributed by atoms with Crippen LogP contribution in [0.25, 0.3) is 20.9 Å². The van der Waals surface area contributed by atoms with Gasteiger partial charge < -0.3 is 19.7 Å². The van der Waals surface area contributed by atoms with Crippen LogP contribution in [0, 0.1) is 0 Å². The summed E-state index contributed by atoms with van der Waals surface area (Å²) in [4.78, 5) is 5.33. The standard InChI is InChI=1S/C20H24N6O4/c21-25-23-11-17(27)19(29-13-15-7-3-1-4-8-15)20(18(28)12-24-26-22)30-14-16-9-5-2-6-10-16/h1-10,17-20,27-28H,11-14H2. The van der Waals surface area contributed by atoms with Gasteiger partial charge in [0.15, 0.2) is 0 Å². The highest BCUT2D eigenvalue weighted by Crippen LogP contribution is 2.19. The van der Waals surface area contributed by atoms with Crippen molar-refractivity contribution in [3.63, 3.8) is 0 Å². The molecule has 0 saturated heterocycles. The number of rotatable bonds is 13. The van der Waals surface area contributed by atoms with Gasteiger partial charge in [-0.2, -0.15) is 0 Å². The SMILES string of the molecule is [N-]=[N+]=NCC(O)C(OCc1ccccc1)C(OCc1ccccc1)C(O)CN=[N+]=[N-]. The molecule has 0 fully saturated rings. The summed E-state index contributed by atoms with van der Waals surface area (Å²) in [5.74, 6) is 0. The Kier molecular flexibility index (Phi) is 10.2. The van der Waals surface area contributed by atoms with Gasteiger partial charge in [-0.1, -0.05) is 70.9 Å². The lowest BCUT2D eigenvalue weighted by Crippen LogP contribution is -2.49. The smallest absolute Gasteiger partial charge is 0.113 e. The van der Waals surface area contributed by atoms with Gasteiger partial charge in [-0.15, -0.1) is 0 Å². The number of benzene rings is 2. The number of aliphatic hydroxyl groups is 2. The summed E-state index contributed by atoms with van der Waals surface area (Å²) >= 11 is 0. The van der Waals surface area contributed by atoms with E-state index in [4.69, 9.17) is 20.5 Å². The predicted octanol–water partition coefficient (Wildman–Crippen LogP) is 3.50. The second-order valence-electron chi connectivity index (χ2n) is 6.48. The molecule has 0 aliphatic heterocycles. The highest BCUT2D eigenvalue weighted by molar-refractivity contribution is 5.14. The van der Waals surface area contributed by atoms with Gasteiger partial charge in [0.25, 0.3) is 0 Å². The summed E-state index contributed by atoms with van der Waals surface area (Å²) in [7, 11) is 0. The van der Waals surface area contributed by atoms with Gasteiger partial charge >= 0.3 is 0 Å². The van der Waals surface area contributed by atoms with Crippen molar-refractivity contribution >= 4 is 0 Å². The van der Waals surface area contributed by atoms with Gasteiger partial charge in [-0.3, -0.25) is 0 Å². The topological polar surface area (TPSA) is 156 Å². The van der Waals surface area contributed by atoms with Gasteiger partial charge in [-0.05, 0) is 22.2 Å². The maximum Gasteiger partial charge on any atom is 0.113 e. The molecule has 0 aromatic heterocycles. The molecule has 158 valence electrons. The van der Waals surface area contributed by atoms with Crippen LogP contribution in [0.3, 0.4) is 0 Å². The van der Waals surface area contributed by atoms with Crippen LogP contribution in [0.15, 0.2) is 70.9 Å². The van der Waals surface area contributed by atoms with E-state index >= 15 is 0 Å². The molecule has 2 rings (SSSR count). The quantitative estimate of drug-likeness (QED) is 0.293. The summed E-state index contributed by atoms with van der Waals surface area (Å²) in [6.07, 6.45) is -4.57. The lowest BCUT2D eigenvalue weighted by atomic mass is 10.0. The molecule has 2 aromatic carbocycles. The molecule has 0 amide bonds. The second-order valence-corrected chi connectivity index (χ2v) is 6.48. The fourth-order valence-electron chi connectivity index (χ4n) is 2.83. The number of nitrogens with zero attached hydrogens (tertiary/aromatic N) is 6. The molecule has 2 N–H and O–H groups in total. The molecule has 30 heavy (non-hydrogen) atoms. The van der Waals surface area contributed by atoms with Gasteiger partial charge in [0.2, 0.25) is 0 Å². The van der Waals surface area contributed by atoms with Crippen LogP contribution in [0.5, 0.6) is 0 Å². The van der Waals surface area contributed by atoms with Crippen LogP contribution in [0.2, 0.25) is 0 Å². The van der Waals surface area contributed by atoms with Gasteiger partial charge in [-0.25, -0.2) is 0 Å². The van der Waals surface area contributed by atoms with Crippen molar-refractivity contribution in [1.82, 2.24) is 0 Å². The summed E-state index contributed by atoms with van der Waals surface area (Å²) in [6, 6.07) is 18.6. The molecule has 0 saturated carbocycles. The van der Waals surface area contributed by atoms with Crippen LogP contribution in [-0.2, 0) is 22.7 Å². The van der Waals surface area contributed by atoms with Crippen LogP contribution in [-0.4, -0.2) is 47.7 Å². The van der Waals surface area contributed by atoms with Gasteiger partial charge in [0.1, 0.15) is 12.2 Å². The first-order chi connectivity index (χ1) is 14.7. The zero-order chi connectivity index (χ0) is 21.6. The first-order valence-electron chi connectivity index (χ1n) is 9.34. The molecular weight excluding hydrogens is 388 g/mol. The molecular formula is C20H24N6O4. The minimum absolute atomic E-state index is 0.137. The van der Waals surface area contributed by atoms with Crippen molar-refractivity contribution in [1.29, 1.82) is 0 Å². The number of hydrogen-bond acceptors (Lipinski definition) is 6. The van der Waals surface area contributed by atoms with E-state index in [2.05, 4.69) is 20.1 Å². The molecule has 2 aromatic rings. The summed E-state index contributed by atoms with van der Waals surface area (Å²) in [5.41, 5.74) is 18.9. The Morgan fingerprint density at radius 1 is 0.700 bits per heavy atom. The number of azide groups is 2. The van der Waals surface area contributed by atoms with E-state index in [0.29, 0.717) is 0 Å². The summed E-state index contributed by atoms with van der Waals surface area (Å²) in [5, 5.41) is 28.0. The molecule has 10 nitrogen and oxygen atoms in total. The van der Waals surface area contributed by atoms with Gasteiger partial charge in [0.05, 0.1) is 38.5 Å². The fourth-order valence-corrected chi connectivity index (χ4v) is 2.83. The molecule has 0 aliphatic rings. The van der Waals surface area contributed by atoms with Crippen molar-refractivity contribution in [2.24, 2.45) is 10.2 Å². The van der Waals surface area contributed by atoms with E-state index in [1.165, 1.54) is 0 Å². The zero-order valence-electron chi connectivity index (χ0n) is 16.3. The van der Waals surface area contributed by atoms with E-state index in [1.54, 1.807) is 0 Å². The van der Waals surface area contributed by atoms with E-state index in [1.807, 2.05) is 60.7 Å². The number of hydrogen-bond donors (Lipinski definition) is 2. The number of aliphatic hydroxyl groups excluding tert-OH is 2. The molecule has 4 atom stereocenters. The van der Waals surface area contributed by atoms with E-state index in [-0.39, 0.29) is 26.3 Å². The zero-order valence-corrected chi connectivity index (χ0v) is 16.3. The van der Waals surface area contributed by atoms with E-state index in [0.717, 1.165) is 11.1 Å². The van der Waals surface area contributed by atoms with Crippen molar-refractivity contribution in [2.45, 2.75) is 37.6 Å². The minimum atomic E-state index is -1.24. The average Bonchev–Trinajstić information content (AvgIpc) is 2.79. The highest BCUT2D eigenvalue weighted by Gasteiger charge is 2.35. The summed E-state index contributed by atoms with van der Waals surface area (Å²) in [6.45, 7) is -0.263. The Hall–Kier alpha value is -3.10. The second kappa shape index (κ2) is 13.2. The Morgan fingerprint density at radius 3 is 1.40 bits per heavy atom. The average molecular weight is 412 g/mol. The predicted molar refractivity (Wildman–Crippen MR) is 110 cm³/mol. The Labute approximate surface area is 173 Å². The first kappa shape index (κ1) is 23.2. The normalized spacial score (nSPS) is 14.6. The molecule has 4 unspecified atom stereocenters. The van der Waals surface area contributed by atoms with Crippen LogP contribution in [0.1, 0.15) is 11.1 Å². The lowest BCUT2D eigenvalue weighted by molar-refractivity contribution is -0.161. The number of ether oxygens (including phenoxy) is 2. The Balaban J connectivity index is 2.22. The maximum atomic E-state index is 10.6. The molecule has 0 heterocycles. The largest absolute Gasteiger partial charge is 0.390 e. The first-order valence-corrected chi connectivity index (χ1v) is 9.34. The maximum absolute atomic E-state index is 10.6. The van der Waals surface area contributed by atoms with Crippen LogP contribution < -0.4 is 0 Å². The third-order valence-corrected chi connectivity index (χ3v) is 4.32. The Morgan fingerprint density at radius 2 is 1.07 bits per heavy atom. The molecule has 0 spiro atoms. The third-order valence-electron chi connectivity index (χ3n) is 4.32. The lowest BCUT2D eigenvalue weighted by Gasteiger charge is -2.33. The minimum Gasteiger partial charge on any atom is -0.390 e. The van der Waals surface area contributed by atoms with Crippen LogP contribution >= 0.6 is 0 Å². The van der Waals surface area contributed by atoms with Crippen molar-refractivity contribution < 1.29 is 19.7 Å². The monoisotopic (exact) mass is 412 g/mol. The third kappa shape index (κ3) is 7.73. The molecule has 0 radical (unpaired) electrons. The highest BCUT2D eigenvalue weighted by atomic mass is 16.6. The molecule has 0 bridgehead atoms. The van der Waals surface area contributed by atoms with Gasteiger partial charge in [0, 0.05) is 9.82 Å². The van der Waals surface area contributed by atoms with E-state index < -0.39 is 24.4 Å². The van der Waals surface area contributed by atoms with Crippen molar-refractivity contribution in [3.05, 3.63) is 92.7 Å². The fraction of sp³-hybridized carbons (Fsp3) is 0.400. The van der Waals surface area contributed by atoms with Crippen molar-refractivity contribution in [2.75, 3.05) is 13.1 Å². The summed E-state index contributed by atoms with van der Waals surface area (Å²) < 4.78 is 11.8. The Bertz CT molecular complexity index is 769. The van der Waals surface area contributed by atoms with Crippen LogP contribution in [0.4, 0.5) is 0 Å². The van der Waals surface area contributed by atoms with E-state index in [9.17, 15) is 10.2 Å². The molecule has 0 aliphatic carbocycles. The molecule has 10 heteroatoms. The van der Waals surface area contributed by atoms with Crippen molar-refractivity contribution in [3.8, 4) is 0 Å².